The zero-order valence-corrected chi connectivity index (χ0v) is 16.7. The van der Waals surface area contributed by atoms with Gasteiger partial charge >= 0.3 is 5.97 Å². The largest absolute Gasteiger partial charge is 0.460 e. The zero-order chi connectivity index (χ0) is 16.2. The molecule has 0 amide bonds. The Morgan fingerprint density at radius 2 is 1.74 bits per heavy atom. The van der Waals surface area contributed by atoms with Crippen LogP contribution in [0.4, 0.5) is 0 Å². The Labute approximate surface area is 156 Å². The van der Waals surface area contributed by atoms with Crippen molar-refractivity contribution in [3.05, 3.63) is 0 Å². The summed E-state index contributed by atoms with van der Waals surface area (Å²) in [5, 5.41) is 0. The molecule has 1 aliphatic carbocycles. The number of halogens is 1. The van der Waals surface area contributed by atoms with E-state index >= 15 is 0 Å². The van der Waals surface area contributed by atoms with Crippen LogP contribution in [0, 0.1) is 5.92 Å². The summed E-state index contributed by atoms with van der Waals surface area (Å²) in [5.74, 6) is 0.551. The number of carbonyl (C=O) groups is 1. The topological polar surface area (TPSA) is 77.1 Å². The Bertz CT molecular complexity index is 409. The number of nitrogens with two attached hydrogens (primary N) is 1. The van der Waals surface area contributed by atoms with E-state index in [1.165, 1.54) is 0 Å². The van der Waals surface area contributed by atoms with Gasteiger partial charge in [-0.1, -0.05) is 0 Å². The van der Waals surface area contributed by atoms with Gasteiger partial charge in [-0.2, -0.15) is 0 Å². The van der Waals surface area contributed by atoms with E-state index in [4.69, 9.17) is 15.2 Å². The van der Waals surface area contributed by atoms with Gasteiger partial charge in [-0.15, -0.1) is 24.0 Å². The quantitative estimate of drug-likeness (QED) is 0.309. The van der Waals surface area contributed by atoms with Gasteiger partial charge in [-0.05, 0) is 46.5 Å². The number of hydrogen-bond donors (Lipinski definition) is 1. The molecule has 1 saturated heterocycles. The molecule has 0 radical (unpaired) electrons. The van der Waals surface area contributed by atoms with Crippen molar-refractivity contribution in [2.45, 2.75) is 58.1 Å². The molecular weight excluding hydrogens is 409 g/mol. The molecule has 2 aliphatic rings. The highest BCUT2D eigenvalue weighted by atomic mass is 127. The molecule has 0 aromatic rings. The van der Waals surface area contributed by atoms with Gasteiger partial charge < -0.3 is 20.1 Å². The SMILES string of the molecule is CC(C)(C)OC(=O)C1CCC(N=C(N)N2CCOCC2)CC1.I. The third-order valence-corrected chi connectivity index (χ3v) is 4.09. The first-order valence-electron chi connectivity index (χ1n) is 8.24. The Balaban J connectivity index is 0.00000264. The Morgan fingerprint density at radius 1 is 1.17 bits per heavy atom. The maximum absolute atomic E-state index is 12.1. The van der Waals surface area contributed by atoms with E-state index in [0.717, 1.165) is 38.8 Å². The fraction of sp³-hybridized carbons (Fsp3) is 0.875. The van der Waals surface area contributed by atoms with Crippen molar-refractivity contribution in [1.29, 1.82) is 0 Å². The van der Waals surface area contributed by atoms with E-state index < -0.39 is 5.60 Å². The summed E-state index contributed by atoms with van der Waals surface area (Å²) in [7, 11) is 0. The summed E-state index contributed by atoms with van der Waals surface area (Å²) in [4.78, 5) is 18.8. The van der Waals surface area contributed by atoms with Gasteiger partial charge in [0.05, 0.1) is 25.2 Å². The van der Waals surface area contributed by atoms with E-state index in [1.54, 1.807) is 0 Å². The number of nitrogens with zero attached hydrogens (tertiary/aromatic N) is 2. The molecule has 0 aromatic heterocycles. The van der Waals surface area contributed by atoms with Crippen molar-refractivity contribution < 1.29 is 14.3 Å². The van der Waals surface area contributed by atoms with Gasteiger partial charge in [0.15, 0.2) is 5.96 Å². The van der Waals surface area contributed by atoms with Crippen molar-refractivity contribution in [1.82, 2.24) is 4.90 Å². The molecule has 23 heavy (non-hydrogen) atoms. The van der Waals surface area contributed by atoms with Gasteiger partial charge in [0.1, 0.15) is 5.60 Å². The Hall–Kier alpha value is -0.570. The van der Waals surface area contributed by atoms with Gasteiger partial charge in [-0.25, -0.2) is 4.99 Å². The van der Waals surface area contributed by atoms with Crippen LogP contribution < -0.4 is 5.73 Å². The van der Waals surface area contributed by atoms with Gasteiger partial charge in [0.2, 0.25) is 0 Å². The van der Waals surface area contributed by atoms with Crippen molar-refractivity contribution in [3.63, 3.8) is 0 Å². The number of ether oxygens (including phenoxy) is 2. The molecule has 0 spiro atoms. The van der Waals surface area contributed by atoms with Gasteiger partial charge in [-0.3, -0.25) is 4.79 Å². The lowest BCUT2D eigenvalue weighted by Crippen LogP contribution is -2.45. The number of rotatable bonds is 2. The fourth-order valence-electron chi connectivity index (χ4n) is 2.89. The van der Waals surface area contributed by atoms with Crippen LogP contribution in [0.2, 0.25) is 0 Å². The second kappa shape index (κ2) is 9.05. The zero-order valence-electron chi connectivity index (χ0n) is 14.4. The lowest BCUT2D eigenvalue weighted by atomic mass is 9.86. The summed E-state index contributed by atoms with van der Waals surface area (Å²) in [6.07, 6.45) is 3.46. The molecule has 6 nitrogen and oxygen atoms in total. The Morgan fingerprint density at radius 3 is 2.26 bits per heavy atom. The number of carbonyl (C=O) groups excluding carboxylic acids is 1. The predicted molar refractivity (Wildman–Crippen MR) is 101 cm³/mol. The number of morpholine rings is 1. The average Bonchev–Trinajstić information content (AvgIpc) is 2.47. The number of esters is 1. The van der Waals surface area contributed by atoms with Crippen LogP contribution in [-0.2, 0) is 14.3 Å². The number of aliphatic imine (C=N–C) groups is 1. The van der Waals surface area contributed by atoms with Crippen LogP contribution in [0.1, 0.15) is 46.5 Å². The molecule has 0 atom stereocenters. The first-order chi connectivity index (χ1) is 10.3. The fourth-order valence-corrected chi connectivity index (χ4v) is 2.89. The third kappa shape index (κ3) is 6.82. The standard InChI is InChI=1S/C16H29N3O3.HI/c1-16(2,3)22-14(20)12-4-6-13(7-5-12)18-15(17)19-8-10-21-11-9-19;/h12-13H,4-11H2,1-3H3,(H2,17,18);1H. The average molecular weight is 439 g/mol. The second-order valence-corrected chi connectivity index (χ2v) is 7.13. The molecule has 2 rings (SSSR count). The molecule has 0 unspecified atom stereocenters. The summed E-state index contributed by atoms with van der Waals surface area (Å²) >= 11 is 0. The molecule has 7 heteroatoms. The van der Waals surface area contributed by atoms with Crippen LogP contribution in [0.5, 0.6) is 0 Å². The van der Waals surface area contributed by atoms with E-state index in [0.29, 0.717) is 19.2 Å². The monoisotopic (exact) mass is 439 g/mol. The van der Waals surface area contributed by atoms with E-state index in [1.807, 2.05) is 20.8 Å². The first kappa shape index (κ1) is 20.5. The molecule has 2 fully saturated rings. The third-order valence-electron chi connectivity index (χ3n) is 4.09. The molecule has 1 aliphatic heterocycles. The van der Waals surface area contributed by atoms with E-state index in [2.05, 4.69) is 9.89 Å². The van der Waals surface area contributed by atoms with Crippen molar-refractivity contribution in [3.8, 4) is 0 Å². The summed E-state index contributed by atoms with van der Waals surface area (Å²) < 4.78 is 10.8. The number of guanidine groups is 1. The van der Waals surface area contributed by atoms with E-state index in [-0.39, 0.29) is 41.9 Å². The van der Waals surface area contributed by atoms with Crippen molar-refractivity contribution >= 4 is 35.9 Å². The molecule has 1 saturated carbocycles. The van der Waals surface area contributed by atoms with Gasteiger partial charge in [0, 0.05) is 13.1 Å². The van der Waals surface area contributed by atoms with E-state index in [9.17, 15) is 4.79 Å². The van der Waals surface area contributed by atoms with Crippen molar-refractivity contribution in [2.24, 2.45) is 16.6 Å². The molecule has 1 heterocycles. The number of hydrogen-bond acceptors (Lipinski definition) is 4. The summed E-state index contributed by atoms with van der Waals surface area (Å²) in [6.45, 7) is 8.76. The minimum atomic E-state index is -0.410. The van der Waals surface area contributed by atoms with Crippen LogP contribution in [-0.4, -0.2) is 54.8 Å². The highest BCUT2D eigenvalue weighted by Crippen LogP contribution is 2.28. The smallest absolute Gasteiger partial charge is 0.309 e. The molecular formula is C16H30IN3O3. The van der Waals surface area contributed by atoms with Crippen LogP contribution in [0.15, 0.2) is 4.99 Å². The summed E-state index contributed by atoms with van der Waals surface area (Å²) in [5.41, 5.74) is 5.68. The highest BCUT2D eigenvalue weighted by Gasteiger charge is 2.30. The van der Waals surface area contributed by atoms with Crippen LogP contribution >= 0.6 is 24.0 Å². The van der Waals surface area contributed by atoms with Crippen LogP contribution in [0.25, 0.3) is 0 Å². The lowest BCUT2D eigenvalue weighted by molar-refractivity contribution is -0.161. The minimum absolute atomic E-state index is 0. The second-order valence-electron chi connectivity index (χ2n) is 7.13. The lowest BCUT2D eigenvalue weighted by Gasteiger charge is -2.31. The normalized spacial score (nSPS) is 26.4. The van der Waals surface area contributed by atoms with Gasteiger partial charge in [0.25, 0.3) is 0 Å². The molecule has 0 aromatic carbocycles. The molecule has 0 bridgehead atoms. The molecule has 134 valence electrons. The molecule has 2 N–H and O–H groups in total. The first-order valence-corrected chi connectivity index (χ1v) is 8.24. The summed E-state index contributed by atoms with van der Waals surface area (Å²) in [6, 6.07) is 0.224. The maximum Gasteiger partial charge on any atom is 0.309 e. The predicted octanol–water partition coefficient (Wildman–Crippen LogP) is 2.15. The Kier molecular flexibility index (Phi) is 8.06. The van der Waals surface area contributed by atoms with Crippen molar-refractivity contribution in [2.75, 3.05) is 26.3 Å². The highest BCUT2D eigenvalue weighted by molar-refractivity contribution is 14.0. The van der Waals surface area contributed by atoms with Crippen LogP contribution in [0.3, 0.4) is 0 Å². The minimum Gasteiger partial charge on any atom is -0.460 e. The maximum atomic E-state index is 12.1.